The lowest BCUT2D eigenvalue weighted by Gasteiger charge is -2.30. The lowest BCUT2D eigenvalue weighted by Crippen LogP contribution is -2.44. The molecule has 1 nitrogen and oxygen atoms in total. The van der Waals surface area contributed by atoms with Gasteiger partial charge in [-0.2, -0.15) is 0 Å². The van der Waals surface area contributed by atoms with E-state index in [1.807, 2.05) is 0 Å². The Morgan fingerprint density at radius 3 is 2.67 bits per heavy atom. The summed E-state index contributed by atoms with van der Waals surface area (Å²) in [7, 11) is 0. The second kappa shape index (κ2) is 4.06. The Balaban J connectivity index is 2.12. The van der Waals surface area contributed by atoms with Crippen LogP contribution in [0.5, 0.6) is 0 Å². The molecule has 1 aliphatic heterocycles. The molecule has 0 atom stereocenters. The van der Waals surface area contributed by atoms with Crippen LogP contribution < -0.4 is 5.32 Å². The van der Waals surface area contributed by atoms with Gasteiger partial charge in [-0.15, -0.1) is 0 Å². The molecule has 0 bridgehead atoms. The third-order valence-electron chi connectivity index (χ3n) is 2.66. The maximum atomic E-state index is 13.7. The third kappa shape index (κ3) is 2.47. The van der Waals surface area contributed by atoms with E-state index in [2.05, 4.69) is 5.32 Å². The Hall–Kier alpha value is -0.670. The van der Waals surface area contributed by atoms with Gasteiger partial charge in [-0.1, -0.05) is 23.7 Å². The van der Waals surface area contributed by atoms with Crippen LogP contribution >= 0.6 is 11.6 Å². The van der Waals surface area contributed by atoms with Gasteiger partial charge in [0.25, 0.3) is 5.92 Å². The van der Waals surface area contributed by atoms with Crippen molar-refractivity contribution < 1.29 is 8.78 Å². The van der Waals surface area contributed by atoms with Crippen LogP contribution in [-0.2, 0) is 5.92 Å². The van der Waals surface area contributed by atoms with E-state index in [0.29, 0.717) is 18.1 Å². The topological polar surface area (TPSA) is 12.0 Å². The molecule has 0 unspecified atom stereocenters. The monoisotopic (exact) mass is 231 g/mol. The normalized spacial score (nSPS) is 17.5. The van der Waals surface area contributed by atoms with Gasteiger partial charge in [0.15, 0.2) is 0 Å². The highest BCUT2D eigenvalue weighted by molar-refractivity contribution is 6.30. The minimum Gasteiger partial charge on any atom is -0.316 e. The zero-order chi connectivity index (χ0) is 10.9. The molecular formula is C11H12ClF2N. The van der Waals surface area contributed by atoms with Crippen molar-refractivity contribution >= 4 is 11.6 Å². The van der Waals surface area contributed by atoms with Crippen molar-refractivity contribution in [1.82, 2.24) is 5.32 Å². The summed E-state index contributed by atoms with van der Waals surface area (Å²) in [5, 5.41) is 3.35. The highest BCUT2D eigenvalue weighted by atomic mass is 35.5. The van der Waals surface area contributed by atoms with Crippen molar-refractivity contribution in [2.75, 3.05) is 13.1 Å². The summed E-state index contributed by atoms with van der Waals surface area (Å²) in [5.74, 6) is -2.68. The van der Waals surface area contributed by atoms with Gasteiger partial charge in [0.1, 0.15) is 0 Å². The molecule has 1 N–H and O–H groups in total. The number of benzene rings is 1. The largest absolute Gasteiger partial charge is 0.316 e. The van der Waals surface area contributed by atoms with Crippen LogP contribution in [0.25, 0.3) is 0 Å². The first-order valence-electron chi connectivity index (χ1n) is 4.92. The van der Waals surface area contributed by atoms with Crippen LogP contribution in [0.4, 0.5) is 8.78 Å². The minimum atomic E-state index is -2.77. The van der Waals surface area contributed by atoms with E-state index in [-0.39, 0.29) is 17.9 Å². The van der Waals surface area contributed by atoms with Crippen LogP contribution in [0, 0.1) is 5.92 Å². The first-order chi connectivity index (χ1) is 7.08. The number of halogens is 3. The summed E-state index contributed by atoms with van der Waals surface area (Å²) in [4.78, 5) is 0. The first-order valence-corrected chi connectivity index (χ1v) is 5.30. The lowest BCUT2D eigenvalue weighted by molar-refractivity contribution is -0.0356. The van der Waals surface area contributed by atoms with Crippen LogP contribution in [0.1, 0.15) is 12.0 Å². The Kier molecular flexibility index (Phi) is 2.94. The van der Waals surface area contributed by atoms with Gasteiger partial charge in [0.05, 0.1) is 0 Å². The average Bonchev–Trinajstić information content (AvgIpc) is 2.12. The Bertz CT molecular complexity index is 350. The van der Waals surface area contributed by atoms with Crippen LogP contribution in [0.3, 0.4) is 0 Å². The molecule has 1 aromatic rings. The van der Waals surface area contributed by atoms with E-state index in [0.717, 1.165) is 0 Å². The van der Waals surface area contributed by atoms with Gasteiger partial charge in [0, 0.05) is 17.0 Å². The van der Waals surface area contributed by atoms with E-state index in [1.165, 1.54) is 12.1 Å². The summed E-state index contributed by atoms with van der Waals surface area (Å²) in [6.45, 7) is 1.38. The number of alkyl halides is 2. The summed E-state index contributed by atoms with van der Waals surface area (Å²) < 4.78 is 27.4. The molecule has 0 saturated carbocycles. The highest BCUT2D eigenvalue weighted by Gasteiger charge is 2.36. The van der Waals surface area contributed by atoms with E-state index in [9.17, 15) is 8.78 Å². The molecule has 0 aliphatic carbocycles. The molecule has 1 aromatic carbocycles. The van der Waals surface area contributed by atoms with E-state index in [1.54, 1.807) is 12.1 Å². The Morgan fingerprint density at radius 2 is 2.13 bits per heavy atom. The van der Waals surface area contributed by atoms with Crippen molar-refractivity contribution in [2.24, 2.45) is 5.92 Å². The molecule has 0 radical (unpaired) electrons. The molecular weight excluding hydrogens is 220 g/mol. The van der Waals surface area contributed by atoms with Crippen molar-refractivity contribution in [1.29, 1.82) is 0 Å². The van der Waals surface area contributed by atoms with E-state index >= 15 is 0 Å². The Morgan fingerprint density at radius 1 is 1.40 bits per heavy atom. The summed E-state index contributed by atoms with van der Waals surface area (Å²) in [6.07, 6.45) is -0.0969. The lowest BCUT2D eigenvalue weighted by atomic mass is 9.92. The van der Waals surface area contributed by atoms with Gasteiger partial charge in [-0.05, 0) is 31.1 Å². The number of hydrogen-bond acceptors (Lipinski definition) is 1. The molecule has 0 spiro atoms. The smallest absolute Gasteiger partial charge is 0.273 e. The SMILES string of the molecule is FC(F)(CC1CNC1)c1cccc(Cl)c1. The maximum Gasteiger partial charge on any atom is 0.273 e. The minimum absolute atomic E-state index is 0.0156. The van der Waals surface area contributed by atoms with Gasteiger partial charge < -0.3 is 5.32 Å². The molecule has 1 saturated heterocycles. The van der Waals surface area contributed by atoms with Crippen molar-refractivity contribution in [3.63, 3.8) is 0 Å². The predicted molar refractivity (Wildman–Crippen MR) is 56.3 cm³/mol. The number of rotatable bonds is 3. The molecule has 1 aliphatic rings. The number of hydrogen-bond donors (Lipinski definition) is 1. The van der Waals surface area contributed by atoms with Gasteiger partial charge in [-0.3, -0.25) is 0 Å². The number of nitrogens with one attached hydrogen (secondary N) is 1. The fraction of sp³-hybridized carbons (Fsp3) is 0.455. The van der Waals surface area contributed by atoms with Crippen LogP contribution in [0.2, 0.25) is 5.02 Å². The fourth-order valence-electron chi connectivity index (χ4n) is 1.69. The quantitative estimate of drug-likeness (QED) is 0.843. The van der Waals surface area contributed by atoms with E-state index < -0.39 is 5.92 Å². The third-order valence-corrected chi connectivity index (χ3v) is 2.89. The molecule has 4 heteroatoms. The summed E-state index contributed by atoms with van der Waals surface area (Å²) >= 11 is 5.69. The Labute approximate surface area is 92.4 Å². The van der Waals surface area contributed by atoms with Crippen LogP contribution in [0.15, 0.2) is 24.3 Å². The fourth-order valence-corrected chi connectivity index (χ4v) is 1.88. The van der Waals surface area contributed by atoms with Crippen molar-refractivity contribution in [3.05, 3.63) is 34.9 Å². The second-order valence-electron chi connectivity index (χ2n) is 3.94. The molecule has 0 amide bonds. The van der Waals surface area contributed by atoms with Gasteiger partial charge in [-0.25, -0.2) is 8.78 Å². The van der Waals surface area contributed by atoms with Crippen molar-refractivity contribution in [3.8, 4) is 0 Å². The average molecular weight is 232 g/mol. The maximum absolute atomic E-state index is 13.7. The first kappa shape index (κ1) is 10.8. The molecule has 1 fully saturated rings. The predicted octanol–water partition coefficient (Wildman–Crippen LogP) is 3.04. The molecule has 1 heterocycles. The molecule has 82 valence electrons. The zero-order valence-electron chi connectivity index (χ0n) is 8.14. The van der Waals surface area contributed by atoms with Crippen molar-refractivity contribution in [2.45, 2.75) is 12.3 Å². The van der Waals surface area contributed by atoms with Gasteiger partial charge in [0.2, 0.25) is 0 Å². The zero-order valence-corrected chi connectivity index (χ0v) is 8.90. The van der Waals surface area contributed by atoms with Crippen LogP contribution in [-0.4, -0.2) is 13.1 Å². The standard InChI is InChI=1S/C11H12ClF2N/c12-10-3-1-2-9(4-10)11(13,14)5-8-6-15-7-8/h1-4,8,15H,5-7H2. The van der Waals surface area contributed by atoms with E-state index in [4.69, 9.17) is 11.6 Å². The molecule has 15 heavy (non-hydrogen) atoms. The highest BCUT2D eigenvalue weighted by Crippen LogP contribution is 2.36. The molecule has 0 aromatic heterocycles. The second-order valence-corrected chi connectivity index (χ2v) is 4.38. The summed E-state index contributed by atoms with van der Waals surface area (Å²) in [5.41, 5.74) is 0.0156. The summed E-state index contributed by atoms with van der Waals surface area (Å²) in [6, 6.07) is 5.93. The molecule has 2 rings (SSSR count). The van der Waals surface area contributed by atoms with Gasteiger partial charge >= 0.3 is 0 Å².